The molecule has 0 aromatic heterocycles. The number of carbonyl (C=O) groups excluding carboxylic acids is 1. The van der Waals surface area contributed by atoms with Gasteiger partial charge in [0.2, 0.25) is 0 Å². The molecule has 2 fully saturated rings. The van der Waals surface area contributed by atoms with Crippen LogP contribution in [-0.2, 0) is 9.53 Å². The van der Waals surface area contributed by atoms with Crippen LogP contribution in [0, 0.1) is 0 Å². The molecule has 1 heterocycles. The summed E-state index contributed by atoms with van der Waals surface area (Å²) in [4.78, 5) is 27.5. The van der Waals surface area contributed by atoms with E-state index in [0.717, 1.165) is 18.4 Å². The first-order valence-corrected chi connectivity index (χ1v) is 9.24. The third-order valence-corrected chi connectivity index (χ3v) is 5.28. The second-order valence-electron chi connectivity index (χ2n) is 6.92. The molecule has 0 spiro atoms. The number of aliphatic carboxylic acids is 1. The van der Waals surface area contributed by atoms with Gasteiger partial charge in [0.05, 0.1) is 25.8 Å². The fraction of sp³-hybridized carbons (Fsp3) is 0.579. The highest BCUT2D eigenvalue weighted by Crippen LogP contribution is 2.28. The molecule has 2 N–H and O–H groups in total. The normalized spacial score (nSPS) is 25.6. The molecular formula is C19H27N3O4. The number of urea groups is 1. The van der Waals surface area contributed by atoms with Crippen LogP contribution in [0.25, 0.3) is 0 Å². The number of carboxylic acids is 1. The number of carbonyl (C=O) groups is 2. The lowest BCUT2D eigenvalue weighted by molar-refractivity contribution is -0.139. The Bertz CT molecular complexity index is 618. The zero-order valence-corrected chi connectivity index (χ0v) is 15.1. The van der Waals surface area contributed by atoms with Gasteiger partial charge in [-0.1, -0.05) is 37.3 Å². The van der Waals surface area contributed by atoms with E-state index in [0.29, 0.717) is 26.3 Å². The Morgan fingerprint density at radius 1 is 1.31 bits per heavy atom. The van der Waals surface area contributed by atoms with Crippen molar-refractivity contribution in [2.24, 2.45) is 0 Å². The van der Waals surface area contributed by atoms with Crippen LogP contribution in [0.15, 0.2) is 30.3 Å². The fourth-order valence-corrected chi connectivity index (χ4v) is 3.73. The molecule has 1 saturated heterocycles. The minimum Gasteiger partial charge on any atom is -0.480 e. The second kappa shape index (κ2) is 8.51. The van der Waals surface area contributed by atoms with E-state index in [4.69, 9.17) is 9.84 Å². The molecule has 0 radical (unpaired) electrons. The maximum absolute atomic E-state index is 12.8. The lowest BCUT2D eigenvalue weighted by Crippen LogP contribution is -2.58. The lowest BCUT2D eigenvalue weighted by Gasteiger charge is -2.44. The Kier molecular flexibility index (Phi) is 6.11. The minimum atomic E-state index is -0.807. The van der Waals surface area contributed by atoms with Gasteiger partial charge in [-0.3, -0.25) is 9.69 Å². The molecule has 1 aromatic carbocycles. The van der Waals surface area contributed by atoms with Crippen molar-refractivity contribution in [3.05, 3.63) is 35.9 Å². The number of hydrogen-bond donors (Lipinski definition) is 2. The monoisotopic (exact) mass is 361 g/mol. The molecule has 3 rings (SSSR count). The third-order valence-electron chi connectivity index (χ3n) is 5.28. The molecular weight excluding hydrogens is 334 g/mol. The van der Waals surface area contributed by atoms with Gasteiger partial charge in [-0.05, 0) is 24.9 Å². The molecule has 1 aromatic rings. The van der Waals surface area contributed by atoms with Crippen molar-refractivity contribution in [1.82, 2.24) is 15.1 Å². The summed E-state index contributed by atoms with van der Waals surface area (Å²) in [5, 5.41) is 12.1. The summed E-state index contributed by atoms with van der Waals surface area (Å²) in [6, 6.07) is 10.1. The Hall–Kier alpha value is -2.12. The van der Waals surface area contributed by atoms with Crippen LogP contribution in [0.3, 0.4) is 0 Å². The van der Waals surface area contributed by atoms with E-state index >= 15 is 0 Å². The number of morpholine rings is 1. The summed E-state index contributed by atoms with van der Waals surface area (Å²) in [6.07, 6.45) is 1.60. The van der Waals surface area contributed by atoms with Crippen molar-refractivity contribution in [3.8, 4) is 0 Å². The molecule has 1 unspecified atom stereocenters. The molecule has 1 aliphatic heterocycles. The van der Waals surface area contributed by atoms with Crippen LogP contribution >= 0.6 is 0 Å². The zero-order chi connectivity index (χ0) is 18.5. The lowest BCUT2D eigenvalue weighted by atomic mass is 9.85. The van der Waals surface area contributed by atoms with Crippen LogP contribution in [0.2, 0.25) is 0 Å². The highest BCUT2D eigenvalue weighted by Gasteiger charge is 2.37. The van der Waals surface area contributed by atoms with Gasteiger partial charge >= 0.3 is 12.0 Å². The van der Waals surface area contributed by atoms with Crippen molar-refractivity contribution < 1.29 is 19.4 Å². The molecule has 2 aliphatic rings. The Labute approximate surface area is 153 Å². The average molecular weight is 361 g/mol. The van der Waals surface area contributed by atoms with Gasteiger partial charge in [-0.15, -0.1) is 0 Å². The maximum Gasteiger partial charge on any atom is 0.318 e. The molecule has 1 atom stereocenters. The summed E-state index contributed by atoms with van der Waals surface area (Å²) in [5.74, 6) is -0.807. The standard InChI is InChI=1S/C19H27N3O4/c1-2-21(12-18(23)24)16-10-15(11-16)20-19(25)22-8-9-26-13-17(22)14-6-4-3-5-7-14/h3-7,15-17H,2,8-13H2,1H3,(H,20,25)(H,23,24). The molecule has 0 bridgehead atoms. The van der Waals surface area contributed by atoms with Crippen molar-refractivity contribution in [2.45, 2.75) is 37.9 Å². The predicted octanol–water partition coefficient (Wildman–Crippen LogP) is 1.71. The second-order valence-corrected chi connectivity index (χ2v) is 6.92. The summed E-state index contributed by atoms with van der Waals surface area (Å²) >= 11 is 0. The van der Waals surface area contributed by atoms with Gasteiger partial charge < -0.3 is 20.1 Å². The smallest absolute Gasteiger partial charge is 0.318 e. The Balaban J connectivity index is 1.54. The molecule has 7 nitrogen and oxygen atoms in total. The number of rotatable bonds is 6. The SMILES string of the molecule is CCN(CC(=O)O)C1CC(NC(=O)N2CCOCC2c2ccccc2)C1. The number of hydrogen-bond acceptors (Lipinski definition) is 4. The van der Waals surface area contributed by atoms with Gasteiger partial charge in [0, 0.05) is 18.6 Å². The van der Waals surface area contributed by atoms with Crippen LogP contribution < -0.4 is 5.32 Å². The molecule has 26 heavy (non-hydrogen) atoms. The zero-order valence-electron chi connectivity index (χ0n) is 15.1. The summed E-state index contributed by atoms with van der Waals surface area (Å²) < 4.78 is 5.58. The summed E-state index contributed by atoms with van der Waals surface area (Å²) in [7, 11) is 0. The number of nitrogens with zero attached hydrogens (tertiary/aromatic N) is 2. The van der Waals surface area contributed by atoms with Crippen LogP contribution in [0.1, 0.15) is 31.4 Å². The first-order chi connectivity index (χ1) is 12.6. The largest absolute Gasteiger partial charge is 0.480 e. The van der Waals surface area contributed by atoms with E-state index in [-0.39, 0.29) is 30.7 Å². The van der Waals surface area contributed by atoms with Gasteiger partial charge in [0.25, 0.3) is 0 Å². The van der Waals surface area contributed by atoms with Crippen molar-refractivity contribution >= 4 is 12.0 Å². The van der Waals surface area contributed by atoms with Gasteiger partial charge in [-0.25, -0.2) is 4.79 Å². The number of ether oxygens (including phenoxy) is 1. The van der Waals surface area contributed by atoms with Gasteiger partial charge in [0.15, 0.2) is 0 Å². The van der Waals surface area contributed by atoms with E-state index in [1.807, 2.05) is 47.1 Å². The molecule has 1 saturated carbocycles. The number of likely N-dealkylation sites (N-methyl/N-ethyl adjacent to an activating group) is 1. The van der Waals surface area contributed by atoms with Crippen LogP contribution in [-0.4, -0.2) is 71.8 Å². The third kappa shape index (κ3) is 4.34. The first-order valence-electron chi connectivity index (χ1n) is 9.24. The molecule has 2 amide bonds. The highest BCUT2D eigenvalue weighted by atomic mass is 16.5. The Morgan fingerprint density at radius 3 is 2.69 bits per heavy atom. The van der Waals surface area contributed by atoms with Gasteiger partial charge in [-0.2, -0.15) is 0 Å². The minimum absolute atomic E-state index is 0.0569. The van der Waals surface area contributed by atoms with Crippen molar-refractivity contribution in [2.75, 3.05) is 32.8 Å². The Morgan fingerprint density at radius 2 is 2.04 bits per heavy atom. The summed E-state index contributed by atoms with van der Waals surface area (Å²) in [5.41, 5.74) is 1.08. The maximum atomic E-state index is 12.8. The first kappa shape index (κ1) is 18.7. The molecule has 142 valence electrons. The molecule has 1 aliphatic carbocycles. The fourth-order valence-electron chi connectivity index (χ4n) is 3.73. The summed E-state index contributed by atoms with van der Waals surface area (Å²) in [6.45, 7) is 4.35. The van der Waals surface area contributed by atoms with Crippen LogP contribution in [0.5, 0.6) is 0 Å². The number of amides is 2. The van der Waals surface area contributed by atoms with E-state index in [9.17, 15) is 9.59 Å². The van der Waals surface area contributed by atoms with Crippen molar-refractivity contribution in [1.29, 1.82) is 0 Å². The number of benzene rings is 1. The van der Waals surface area contributed by atoms with E-state index in [2.05, 4.69) is 5.32 Å². The quantitative estimate of drug-likeness (QED) is 0.806. The van der Waals surface area contributed by atoms with E-state index in [1.54, 1.807) is 0 Å². The topological polar surface area (TPSA) is 82.1 Å². The van der Waals surface area contributed by atoms with E-state index in [1.165, 1.54) is 0 Å². The van der Waals surface area contributed by atoms with Gasteiger partial charge in [0.1, 0.15) is 0 Å². The van der Waals surface area contributed by atoms with E-state index < -0.39 is 5.97 Å². The highest BCUT2D eigenvalue weighted by molar-refractivity contribution is 5.75. The van der Waals surface area contributed by atoms with Crippen molar-refractivity contribution in [3.63, 3.8) is 0 Å². The van der Waals surface area contributed by atoms with Crippen LogP contribution in [0.4, 0.5) is 4.79 Å². The average Bonchev–Trinajstić information content (AvgIpc) is 2.63. The predicted molar refractivity (Wildman–Crippen MR) is 96.9 cm³/mol. The number of nitrogens with one attached hydrogen (secondary N) is 1. The molecule has 7 heteroatoms. The number of carboxylic acid groups (broad SMARTS) is 1.